The molecule has 2 rings (SSSR count). The van der Waals surface area contributed by atoms with Crippen molar-refractivity contribution in [3.63, 3.8) is 0 Å². The molecule has 1 saturated heterocycles. The molecule has 0 saturated carbocycles. The number of thioether (sulfide) groups is 1. The number of rotatable bonds is 3. The third-order valence-electron chi connectivity index (χ3n) is 3.11. The third-order valence-corrected chi connectivity index (χ3v) is 4.55. The predicted octanol–water partition coefficient (Wildman–Crippen LogP) is 2.64. The van der Waals surface area contributed by atoms with E-state index in [2.05, 4.69) is 5.32 Å². The summed E-state index contributed by atoms with van der Waals surface area (Å²) in [6.45, 7) is 7.32. The lowest BCUT2D eigenvalue weighted by Gasteiger charge is -2.34. The quantitative estimate of drug-likeness (QED) is 0.871. The first kappa shape index (κ1) is 14.7. The molecule has 1 aromatic rings. The van der Waals surface area contributed by atoms with Gasteiger partial charge in [-0.15, -0.1) is 11.8 Å². The summed E-state index contributed by atoms with van der Waals surface area (Å²) in [5, 5.41) is 3.98. The highest BCUT2D eigenvalue weighted by molar-refractivity contribution is 8.01. The molecule has 104 valence electrons. The Morgan fingerprint density at radius 2 is 1.84 bits per heavy atom. The highest BCUT2D eigenvalue weighted by Crippen LogP contribution is 2.34. The first-order valence-corrected chi connectivity index (χ1v) is 7.63. The second kappa shape index (κ2) is 6.16. The van der Waals surface area contributed by atoms with Gasteiger partial charge in [-0.2, -0.15) is 0 Å². The topological polar surface area (TPSA) is 32.3 Å². The van der Waals surface area contributed by atoms with Crippen LogP contribution in [-0.4, -0.2) is 41.7 Å². The molecule has 0 aromatic heterocycles. The van der Waals surface area contributed by atoms with Gasteiger partial charge in [0.2, 0.25) is 5.91 Å². The maximum atomic E-state index is 12.5. The van der Waals surface area contributed by atoms with Gasteiger partial charge in [0.05, 0.1) is 4.75 Å². The van der Waals surface area contributed by atoms with E-state index >= 15 is 0 Å². The molecule has 1 fully saturated rings. The van der Waals surface area contributed by atoms with E-state index in [0.717, 1.165) is 36.1 Å². The van der Waals surface area contributed by atoms with Gasteiger partial charge in [0.15, 0.2) is 0 Å². The molecule has 0 radical (unpaired) electrons. The second-order valence-electron chi connectivity index (χ2n) is 5.11. The minimum absolute atomic E-state index is 0.203. The molecule has 0 unspecified atom stereocenters. The van der Waals surface area contributed by atoms with Crippen LogP contribution in [0.3, 0.4) is 0 Å². The SMILES string of the molecule is CC(C)(Sc1ccc(Cl)cc1)C(=O)N1CCNCC1. The van der Waals surface area contributed by atoms with Crippen molar-refractivity contribution in [3.8, 4) is 0 Å². The molecule has 1 aliphatic heterocycles. The number of halogens is 1. The number of carbonyl (C=O) groups excluding carboxylic acids is 1. The minimum atomic E-state index is -0.453. The molecule has 1 amide bonds. The van der Waals surface area contributed by atoms with Crippen molar-refractivity contribution >= 4 is 29.3 Å². The summed E-state index contributed by atoms with van der Waals surface area (Å²) >= 11 is 7.46. The van der Waals surface area contributed by atoms with Crippen LogP contribution in [-0.2, 0) is 4.79 Å². The summed E-state index contributed by atoms with van der Waals surface area (Å²) in [7, 11) is 0. The summed E-state index contributed by atoms with van der Waals surface area (Å²) in [6, 6.07) is 7.63. The highest BCUT2D eigenvalue weighted by atomic mass is 35.5. The van der Waals surface area contributed by atoms with Gasteiger partial charge in [-0.1, -0.05) is 11.6 Å². The van der Waals surface area contributed by atoms with Crippen molar-refractivity contribution in [1.29, 1.82) is 0 Å². The van der Waals surface area contributed by atoms with Gasteiger partial charge in [0.25, 0.3) is 0 Å². The Hall–Kier alpha value is -0.710. The molecule has 1 aromatic carbocycles. The first-order valence-electron chi connectivity index (χ1n) is 6.44. The number of nitrogens with one attached hydrogen (secondary N) is 1. The molecule has 1 aliphatic rings. The molecule has 0 atom stereocenters. The average Bonchev–Trinajstić information content (AvgIpc) is 2.41. The first-order chi connectivity index (χ1) is 8.99. The third kappa shape index (κ3) is 3.88. The fourth-order valence-corrected chi connectivity index (χ4v) is 3.29. The van der Waals surface area contributed by atoms with Crippen LogP contribution in [0, 0.1) is 0 Å². The zero-order chi connectivity index (χ0) is 13.9. The summed E-state index contributed by atoms with van der Waals surface area (Å²) < 4.78 is -0.453. The number of hydrogen-bond acceptors (Lipinski definition) is 3. The van der Waals surface area contributed by atoms with Gasteiger partial charge in [-0.25, -0.2) is 0 Å². The van der Waals surface area contributed by atoms with Crippen molar-refractivity contribution in [2.75, 3.05) is 26.2 Å². The maximum Gasteiger partial charge on any atom is 0.238 e. The number of piperazine rings is 1. The van der Waals surface area contributed by atoms with E-state index in [1.807, 2.05) is 43.0 Å². The Morgan fingerprint density at radius 3 is 2.42 bits per heavy atom. The maximum absolute atomic E-state index is 12.5. The zero-order valence-corrected chi connectivity index (χ0v) is 12.9. The smallest absolute Gasteiger partial charge is 0.238 e. The molecule has 5 heteroatoms. The van der Waals surface area contributed by atoms with E-state index < -0.39 is 4.75 Å². The molecule has 0 bridgehead atoms. The minimum Gasteiger partial charge on any atom is -0.339 e. The monoisotopic (exact) mass is 298 g/mol. The lowest BCUT2D eigenvalue weighted by molar-refractivity contribution is -0.133. The van der Waals surface area contributed by atoms with Crippen LogP contribution in [0.25, 0.3) is 0 Å². The van der Waals surface area contributed by atoms with Crippen molar-refractivity contribution in [2.45, 2.75) is 23.5 Å². The van der Waals surface area contributed by atoms with E-state index in [1.165, 1.54) is 0 Å². The summed E-state index contributed by atoms with van der Waals surface area (Å²) in [5.41, 5.74) is 0. The molecular formula is C14H19ClN2OS. The number of benzene rings is 1. The van der Waals surface area contributed by atoms with Gasteiger partial charge >= 0.3 is 0 Å². The molecule has 0 spiro atoms. The van der Waals surface area contributed by atoms with Crippen LogP contribution in [0.4, 0.5) is 0 Å². The van der Waals surface area contributed by atoms with Gasteiger partial charge in [-0.05, 0) is 38.1 Å². The fourth-order valence-electron chi connectivity index (χ4n) is 2.09. The zero-order valence-electron chi connectivity index (χ0n) is 11.3. The molecule has 0 aliphatic carbocycles. The number of carbonyl (C=O) groups is 1. The normalized spacial score (nSPS) is 16.5. The summed E-state index contributed by atoms with van der Waals surface area (Å²) in [6.07, 6.45) is 0. The molecule has 19 heavy (non-hydrogen) atoms. The standard InChI is InChI=1S/C14H19ClN2OS/c1-14(2,13(18)17-9-7-16-8-10-17)19-12-5-3-11(15)4-6-12/h3-6,16H,7-10H2,1-2H3. The average molecular weight is 299 g/mol. The molecule has 1 N–H and O–H groups in total. The Morgan fingerprint density at radius 1 is 1.26 bits per heavy atom. The van der Waals surface area contributed by atoms with Crippen LogP contribution in [0.5, 0.6) is 0 Å². The Labute approximate surface area is 123 Å². The van der Waals surface area contributed by atoms with Crippen LogP contribution in [0.1, 0.15) is 13.8 Å². The van der Waals surface area contributed by atoms with Crippen LogP contribution < -0.4 is 5.32 Å². The lowest BCUT2D eigenvalue weighted by atomic mass is 10.1. The van der Waals surface area contributed by atoms with Crippen molar-refractivity contribution in [1.82, 2.24) is 10.2 Å². The summed E-state index contributed by atoms with van der Waals surface area (Å²) in [5.74, 6) is 0.203. The largest absolute Gasteiger partial charge is 0.339 e. The lowest BCUT2D eigenvalue weighted by Crippen LogP contribution is -2.51. The second-order valence-corrected chi connectivity index (χ2v) is 7.24. The van der Waals surface area contributed by atoms with Crippen LogP contribution in [0.15, 0.2) is 29.2 Å². The summed E-state index contributed by atoms with van der Waals surface area (Å²) in [4.78, 5) is 15.6. The van der Waals surface area contributed by atoms with E-state index in [4.69, 9.17) is 11.6 Å². The van der Waals surface area contributed by atoms with Gasteiger partial charge in [-0.3, -0.25) is 4.79 Å². The number of nitrogens with zero attached hydrogens (tertiary/aromatic N) is 1. The Bertz CT molecular complexity index is 441. The van der Waals surface area contributed by atoms with Gasteiger partial charge in [0.1, 0.15) is 0 Å². The fraction of sp³-hybridized carbons (Fsp3) is 0.500. The molecular weight excluding hydrogens is 280 g/mol. The van der Waals surface area contributed by atoms with Crippen LogP contribution >= 0.6 is 23.4 Å². The molecule has 3 nitrogen and oxygen atoms in total. The van der Waals surface area contributed by atoms with E-state index in [1.54, 1.807) is 11.8 Å². The number of hydrogen-bond donors (Lipinski definition) is 1. The van der Waals surface area contributed by atoms with E-state index in [-0.39, 0.29) is 5.91 Å². The van der Waals surface area contributed by atoms with Crippen molar-refractivity contribution in [3.05, 3.63) is 29.3 Å². The molecule has 1 heterocycles. The van der Waals surface area contributed by atoms with Gasteiger partial charge in [0, 0.05) is 36.1 Å². The van der Waals surface area contributed by atoms with Crippen molar-refractivity contribution in [2.24, 2.45) is 0 Å². The predicted molar refractivity (Wildman–Crippen MR) is 80.8 cm³/mol. The van der Waals surface area contributed by atoms with Gasteiger partial charge < -0.3 is 10.2 Å². The Kier molecular flexibility index (Phi) is 4.76. The highest BCUT2D eigenvalue weighted by Gasteiger charge is 2.33. The van der Waals surface area contributed by atoms with E-state index in [0.29, 0.717) is 0 Å². The Balaban J connectivity index is 2.04. The van der Waals surface area contributed by atoms with E-state index in [9.17, 15) is 4.79 Å². The van der Waals surface area contributed by atoms with Crippen molar-refractivity contribution < 1.29 is 4.79 Å². The number of amides is 1. The van der Waals surface area contributed by atoms with Crippen LogP contribution in [0.2, 0.25) is 5.02 Å².